The van der Waals surface area contributed by atoms with Gasteiger partial charge in [0.15, 0.2) is 0 Å². The molecule has 16 heavy (non-hydrogen) atoms. The highest BCUT2D eigenvalue weighted by Crippen LogP contribution is 2.31. The Morgan fingerprint density at radius 1 is 1.44 bits per heavy atom. The highest BCUT2D eigenvalue weighted by atomic mass is 79.9. The molecule has 0 spiro atoms. The van der Waals surface area contributed by atoms with Crippen molar-refractivity contribution in [2.45, 2.75) is 24.8 Å². The van der Waals surface area contributed by atoms with Crippen LogP contribution in [0.4, 0.5) is 0 Å². The molecule has 0 saturated carbocycles. The third-order valence-electron chi connectivity index (χ3n) is 2.24. The third kappa shape index (κ3) is 3.96. The van der Waals surface area contributed by atoms with Gasteiger partial charge < -0.3 is 9.47 Å². The Labute approximate surface area is 110 Å². The molecule has 1 atom stereocenters. The summed E-state index contributed by atoms with van der Waals surface area (Å²) < 4.78 is 10.8. The van der Waals surface area contributed by atoms with Gasteiger partial charge in [0.25, 0.3) is 0 Å². The van der Waals surface area contributed by atoms with Crippen molar-refractivity contribution in [1.82, 2.24) is 0 Å². The van der Waals surface area contributed by atoms with E-state index in [0.717, 1.165) is 23.1 Å². The van der Waals surface area contributed by atoms with Crippen molar-refractivity contribution >= 4 is 27.5 Å². The molecule has 0 bridgehead atoms. The van der Waals surface area contributed by atoms with Crippen LogP contribution >= 0.6 is 27.5 Å². The van der Waals surface area contributed by atoms with Gasteiger partial charge in [-0.3, -0.25) is 0 Å². The van der Waals surface area contributed by atoms with Crippen LogP contribution in [-0.4, -0.2) is 19.8 Å². The maximum absolute atomic E-state index is 6.11. The molecular formula is C12H16BrClO2. The lowest BCUT2D eigenvalue weighted by Crippen LogP contribution is -2.15. The predicted molar refractivity (Wildman–Crippen MR) is 70.7 cm³/mol. The van der Waals surface area contributed by atoms with E-state index < -0.39 is 0 Å². The zero-order chi connectivity index (χ0) is 12.0. The maximum atomic E-state index is 6.11. The Morgan fingerprint density at radius 3 is 2.81 bits per heavy atom. The van der Waals surface area contributed by atoms with E-state index in [2.05, 4.69) is 15.9 Å². The zero-order valence-corrected chi connectivity index (χ0v) is 11.8. The average Bonchev–Trinajstić information content (AvgIpc) is 2.29. The van der Waals surface area contributed by atoms with Crippen LogP contribution in [0.2, 0.25) is 5.02 Å². The standard InChI is InChI=1S/C12H16BrClO2/c1-9(6-7-15-2)16-12-10(8-13)4-3-5-11(12)14/h3-5,9H,6-8H2,1-2H3. The van der Waals surface area contributed by atoms with E-state index in [0.29, 0.717) is 11.6 Å². The van der Waals surface area contributed by atoms with Crippen molar-refractivity contribution in [2.75, 3.05) is 13.7 Å². The van der Waals surface area contributed by atoms with E-state index in [4.69, 9.17) is 21.1 Å². The molecule has 1 unspecified atom stereocenters. The number of methoxy groups -OCH3 is 1. The van der Waals surface area contributed by atoms with E-state index in [1.807, 2.05) is 25.1 Å². The van der Waals surface area contributed by atoms with Crippen molar-refractivity contribution < 1.29 is 9.47 Å². The predicted octanol–water partition coefficient (Wildman–Crippen LogP) is 4.04. The summed E-state index contributed by atoms with van der Waals surface area (Å²) in [7, 11) is 1.69. The van der Waals surface area contributed by atoms with Crippen LogP contribution in [-0.2, 0) is 10.1 Å². The number of ether oxygens (including phenoxy) is 2. The molecule has 0 N–H and O–H groups in total. The highest BCUT2D eigenvalue weighted by molar-refractivity contribution is 9.08. The van der Waals surface area contributed by atoms with E-state index in [1.54, 1.807) is 7.11 Å². The lowest BCUT2D eigenvalue weighted by molar-refractivity contribution is 0.135. The first-order valence-electron chi connectivity index (χ1n) is 5.18. The maximum Gasteiger partial charge on any atom is 0.142 e. The van der Waals surface area contributed by atoms with Crippen molar-refractivity contribution in [1.29, 1.82) is 0 Å². The van der Waals surface area contributed by atoms with Gasteiger partial charge in [-0.2, -0.15) is 0 Å². The van der Waals surface area contributed by atoms with Gasteiger partial charge in [-0.25, -0.2) is 0 Å². The molecule has 0 fully saturated rings. The number of para-hydroxylation sites is 1. The molecular weight excluding hydrogens is 291 g/mol. The van der Waals surface area contributed by atoms with Crippen LogP contribution in [0.1, 0.15) is 18.9 Å². The Hall–Kier alpha value is -0.250. The quantitative estimate of drug-likeness (QED) is 0.739. The summed E-state index contributed by atoms with van der Waals surface area (Å²) in [5, 5.41) is 1.39. The molecule has 90 valence electrons. The first-order chi connectivity index (χ1) is 7.69. The number of hydrogen-bond acceptors (Lipinski definition) is 2. The van der Waals surface area contributed by atoms with Crippen LogP contribution in [0.25, 0.3) is 0 Å². The van der Waals surface area contributed by atoms with Crippen molar-refractivity contribution in [3.63, 3.8) is 0 Å². The second kappa shape index (κ2) is 7.15. The molecule has 0 aliphatic rings. The molecule has 0 aliphatic heterocycles. The molecule has 1 aromatic rings. The minimum absolute atomic E-state index is 0.0950. The largest absolute Gasteiger partial charge is 0.489 e. The van der Waals surface area contributed by atoms with Crippen LogP contribution in [0, 0.1) is 0 Å². The SMILES string of the molecule is COCCC(C)Oc1c(Cl)cccc1CBr. The fourth-order valence-electron chi connectivity index (χ4n) is 1.33. The van der Waals surface area contributed by atoms with Gasteiger partial charge >= 0.3 is 0 Å². The number of benzene rings is 1. The van der Waals surface area contributed by atoms with Crippen LogP contribution in [0.3, 0.4) is 0 Å². The van der Waals surface area contributed by atoms with Crippen molar-refractivity contribution in [2.24, 2.45) is 0 Å². The summed E-state index contributed by atoms with van der Waals surface area (Å²) in [6.45, 7) is 2.70. The molecule has 2 nitrogen and oxygen atoms in total. The lowest BCUT2D eigenvalue weighted by atomic mass is 10.2. The Balaban J connectivity index is 2.71. The Morgan fingerprint density at radius 2 is 2.19 bits per heavy atom. The lowest BCUT2D eigenvalue weighted by Gasteiger charge is -2.17. The van der Waals surface area contributed by atoms with Crippen molar-refractivity contribution in [3.8, 4) is 5.75 Å². The molecule has 0 saturated heterocycles. The molecule has 4 heteroatoms. The molecule has 0 aliphatic carbocycles. The summed E-state index contributed by atoms with van der Waals surface area (Å²) in [5.74, 6) is 0.768. The number of alkyl halides is 1. The second-order valence-corrected chi connectivity index (χ2v) is 4.54. The molecule has 0 aromatic heterocycles. The van der Waals surface area contributed by atoms with Gasteiger partial charge in [0, 0.05) is 31.0 Å². The minimum atomic E-state index is 0.0950. The van der Waals surface area contributed by atoms with Gasteiger partial charge in [0.1, 0.15) is 5.75 Å². The van der Waals surface area contributed by atoms with E-state index in [9.17, 15) is 0 Å². The van der Waals surface area contributed by atoms with Crippen LogP contribution < -0.4 is 4.74 Å². The van der Waals surface area contributed by atoms with Gasteiger partial charge in [-0.15, -0.1) is 0 Å². The molecule has 0 heterocycles. The fourth-order valence-corrected chi connectivity index (χ4v) is 2.01. The monoisotopic (exact) mass is 306 g/mol. The van der Waals surface area contributed by atoms with E-state index >= 15 is 0 Å². The number of hydrogen-bond donors (Lipinski definition) is 0. The van der Waals surface area contributed by atoms with E-state index in [1.165, 1.54) is 0 Å². The average molecular weight is 308 g/mol. The zero-order valence-electron chi connectivity index (χ0n) is 9.50. The van der Waals surface area contributed by atoms with E-state index in [-0.39, 0.29) is 6.10 Å². The van der Waals surface area contributed by atoms with Crippen molar-refractivity contribution in [3.05, 3.63) is 28.8 Å². The van der Waals surface area contributed by atoms with Crippen LogP contribution in [0.15, 0.2) is 18.2 Å². The summed E-state index contributed by atoms with van der Waals surface area (Å²) in [6, 6.07) is 5.76. The molecule has 0 radical (unpaired) electrons. The molecule has 0 amide bonds. The Bertz CT molecular complexity index is 331. The summed E-state index contributed by atoms with van der Waals surface area (Å²) >= 11 is 9.53. The second-order valence-electron chi connectivity index (χ2n) is 3.57. The van der Waals surface area contributed by atoms with Gasteiger partial charge in [0.2, 0.25) is 0 Å². The van der Waals surface area contributed by atoms with Crippen LogP contribution in [0.5, 0.6) is 5.75 Å². The number of rotatable bonds is 6. The summed E-state index contributed by atoms with van der Waals surface area (Å²) in [5.41, 5.74) is 1.07. The molecule has 1 rings (SSSR count). The Kier molecular flexibility index (Phi) is 6.17. The third-order valence-corrected chi connectivity index (χ3v) is 3.14. The highest BCUT2D eigenvalue weighted by Gasteiger charge is 2.11. The number of halogens is 2. The topological polar surface area (TPSA) is 18.5 Å². The first-order valence-corrected chi connectivity index (χ1v) is 6.68. The normalized spacial score (nSPS) is 12.5. The van der Waals surface area contributed by atoms with Gasteiger partial charge in [-0.05, 0) is 13.0 Å². The smallest absolute Gasteiger partial charge is 0.142 e. The fraction of sp³-hybridized carbons (Fsp3) is 0.500. The van der Waals surface area contributed by atoms with Gasteiger partial charge in [-0.1, -0.05) is 39.7 Å². The molecule has 1 aromatic carbocycles. The minimum Gasteiger partial charge on any atom is -0.489 e. The first kappa shape index (κ1) is 13.8. The van der Waals surface area contributed by atoms with Gasteiger partial charge in [0.05, 0.1) is 11.1 Å². The summed E-state index contributed by atoms with van der Waals surface area (Å²) in [4.78, 5) is 0. The summed E-state index contributed by atoms with van der Waals surface area (Å²) in [6.07, 6.45) is 0.946.